The van der Waals surface area contributed by atoms with Crippen LogP contribution >= 0.6 is 11.6 Å². The van der Waals surface area contributed by atoms with Crippen LogP contribution in [0.5, 0.6) is 0 Å². The van der Waals surface area contributed by atoms with E-state index in [9.17, 15) is 19.2 Å². The van der Waals surface area contributed by atoms with Crippen molar-refractivity contribution in [2.75, 3.05) is 32.0 Å². The molecule has 2 N–H and O–H groups in total. The first-order valence-electron chi connectivity index (χ1n) is 11.0. The Hall–Kier alpha value is -4.22. The molecule has 1 aliphatic rings. The Balaban J connectivity index is 1.62. The molecule has 2 amide bonds. The van der Waals surface area contributed by atoms with Crippen molar-refractivity contribution in [3.05, 3.63) is 64.3 Å². The Morgan fingerprint density at radius 2 is 1.73 bits per heavy atom. The summed E-state index contributed by atoms with van der Waals surface area (Å²) in [7, 11) is 3.92. The van der Waals surface area contributed by atoms with Crippen molar-refractivity contribution in [3.8, 4) is 11.1 Å². The van der Waals surface area contributed by atoms with Crippen LogP contribution in [-0.4, -0.2) is 54.9 Å². The molecule has 4 rings (SSSR count). The van der Waals surface area contributed by atoms with E-state index in [0.29, 0.717) is 22.1 Å². The fourth-order valence-corrected chi connectivity index (χ4v) is 4.25. The molecule has 1 atom stereocenters. The van der Waals surface area contributed by atoms with Crippen molar-refractivity contribution in [1.29, 1.82) is 0 Å². The average molecular weight is 527 g/mol. The standard InChI is InChI=1S/C25H23ClN4O7/c1-35-12-18-21(13-5-4-6-16(26)8-13)22-28-23(32)19(30(22)29-18)11-20(31)27-17-9-14(24(33)36-2)7-15(10-17)25(34)37-3/h4-10,19H,11-12H2,1-3H3,(H,27,31)(H,28,32). The number of nitrogens with zero attached hydrogens (tertiary/aromatic N) is 2. The van der Waals surface area contributed by atoms with E-state index in [1.807, 2.05) is 6.07 Å². The van der Waals surface area contributed by atoms with E-state index < -0.39 is 29.8 Å². The summed E-state index contributed by atoms with van der Waals surface area (Å²) < 4.78 is 16.2. The van der Waals surface area contributed by atoms with Gasteiger partial charge in [-0.3, -0.25) is 9.59 Å². The van der Waals surface area contributed by atoms with Crippen LogP contribution in [0, 0.1) is 0 Å². The molecule has 2 aromatic carbocycles. The number of rotatable bonds is 8. The normalized spacial score (nSPS) is 14.1. The quantitative estimate of drug-likeness (QED) is 0.426. The Morgan fingerprint density at radius 3 is 2.32 bits per heavy atom. The number of methoxy groups -OCH3 is 3. The summed E-state index contributed by atoms with van der Waals surface area (Å²) in [4.78, 5) is 49.8. The topological polar surface area (TPSA) is 138 Å². The maximum atomic E-state index is 13.0. The van der Waals surface area contributed by atoms with Gasteiger partial charge in [0.1, 0.15) is 11.9 Å². The highest BCUT2D eigenvalue weighted by atomic mass is 35.5. The number of ether oxygens (including phenoxy) is 3. The molecule has 1 aliphatic heterocycles. The summed E-state index contributed by atoms with van der Waals surface area (Å²) in [5.74, 6) is -1.92. The number of hydrogen-bond donors (Lipinski definition) is 2. The molecule has 0 spiro atoms. The number of benzene rings is 2. The Labute approximate surface area is 216 Å². The number of anilines is 2. The van der Waals surface area contributed by atoms with Gasteiger partial charge in [0.25, 0.3) is 5.91 Å². The monoisotopic (exact) mass is 526 g/mol. The maximum absolute atomic E-state index is 13.0. The fraction of sp³-hybridized carbons (Fsp3) is 0.240. The van der Waals surface area contributed by atoms with Gasteiger partial charge in [0.2, 0.25) is 5.91 Å². The second-order valence-electron chi connectivity index (χ2n) is 8.10. The molecule has 192 valence electrons. The summed E-state index contributed by atoms with van der Waals surface area (Å²) in [5.41, 5.74) is 2.20. The lowest BCUT2D eigenvalue weighted by Crippen LogP contribution is -2.24. The summed E-state index contributed by atoms with van der Waals surface area (Å²) in [6.07, 6.45) is -0.266. The largest absolute Gasteiger partial charge is 0.465 e. The van der Waals surface area contributed by atoms with Crippen LogP contribution < -0.4 is 10.6 Å². The van der Waals surface area contributed by atoms with Crippen LogP contribution in [0.2, 0.25) is 5.02 Å². The van der Waals surface area contributed by atoms with Gasteiger partial charge in [-0.1, -0.05) is 23.7 Å². The number of carbonyl (C=O) groups is 4. The molecule has 1 aromatic heterocycles. The lowest BCUT2D eigenvalue weighted by atomic mass is 10.1. The van der Waals surface area contributed by atoms with Gasteiger partial charge in [-0.05, 0) is 35.9 Å². The SMILES string of the molecule is COCc1nn2c(c1-c1cccc(Cl)c1)NC(=O)C2CC(=O)Nc1cc(C(=O)OC)cc(C(=O)OC)c1. The third-order valence-corrected chi connectivity index (χ3v) is 5.89. The minimum atomic E-state index is -0.942. The van der Waals surface area contributed by atoms with Crippen LogP contribution in [0.4, 0.5) is 11.5 Å². The molecule has 1 unspecified atom stereocenters. The smallest absolute Gasteiger partial charge is 0.337 e. The molecule has 11 nitrogen and oxygen atoms in total. The van der Waals surface area contributed by atoms with Crippen molar-refractivity contribution in [1.82, 2.24) is 9.78 Å². The molecule has 0 bridgehead atoms. The second kappa shape index (κ2) is 10.8. The van der Waals surface area contributed by atoms with Crippen molar-refractivity contribution in [2.24, 2.45) is 0 Å². The van der Waals surface area contributed by atoms with Crippen molar-refractivity contribution >= 4 is 46.9 Å². The molecule has 37 heavy (non-hydrogen) atoms. The van der Waals surface area contributed by atoms with Gasteiger partial charge in [0.05, 0.1) is 44.1 Å². The van der Waals surface area contributed by atoms with Gasteiger partial charge >= 0.3 is 11.9 Å². The van der Waals surface area contributed by atoms with E-state index in [1.54, 1.807) is 18.2 Å². The molecule has 0 saturated carbocycles. The van der Waals surface area contributed by atoms with Gasteiger partial charge in [-0.2, -0.15) is 5.10 Å². The maximum Gasteiger partial charge on any atom is 0.337 e. The average Bonchev–Trinajstić information content (AvgIpc) is 3.37. The highest BCUT2D eigenvalue weighted by molar-refractivity contribution is 6.30. The zero-order chi connectivity index (χ0) is 26.7. The predicted molar refractivity (Wildman–Crippen MR) is 133 cm³/mol. The fourth-order valence-electron chi connectivity index (χ4n) is 4.06. The molecule has 2 heterocycles. The van der Waals surface area contributed by atoms with E-state index in [0.717, 1.165) is 5.56 Å². The Bertz CT molecular complexity index is 1370. The highest BCUT2D eigenvalue weighted by Crippen LogP contribution is 2.39. The number of halogens is 1. The number of hydrogen-bond acceptors (Lipinski definition) is 8. The Morgan fingerprint density at radius 1 is 1.05 bits per heavy atom. The first kappa shape index (κ1) is 25.9. The number of amides is 2. The number of carbonyl (C=O) groups excluding carboxylic acids is 4. The first-order chi connectivity index (χ1) is 17.7. The molecule has 0 radical (unpaired) electrons. The van der Waals surface area contributed by atoms with Gasteiger partial charge in [0.15, 0.2) is 0 Å². The van der Waals surface area contributed by atoms with Gasteiger partial charge in [0, 0.05) is 23.4 Å². The Kier molecular flexibility index (Phi) is 7.55. The van der Waals surface area contributed by atoms with Gasteiger partial charge in [-0.25, -0.2) is 14.3 Å². The lowest BCUT2D eigenvalue weighted by Gasteiger charge is -2.12. The lowest BCUT2D eigenvalue weighted by molar-refractivity contribution is -0.123. The van der Waals surface area contributed by atoms with Crippen molar-refractivity contribution < 1.29 is 33.4 Å². The van der Waals surface area contributed by atoms with Gasteiger partial charge < -0.3 is 24.8 Å². The van der Waals surface area contributed by atoms with Crippen LogP contribution in [0.3, 0.4) is 0 Å². The summed E-state index contributed by atoms with van der Waals surface area (Å²) in [6, 6.07) is 10.2. The van der Waals surface area contributed by atoms with Crippen molar-refractivity contribution in [3.63, 3.8) is 0 Å². The molecule has 12 heteroatoms. The van der Waals surface area contributed by atoms with E-state index >= 15 is 0 Å². The minimum Gasteiger partial charge on any atom is -0.465 e. The highest BCUT2D eigenvalue weighted by Gasteiger charge is 2.37. The van der Waals surface area contributed by atoms with Crippen LogP contribution in [-0.2, 0) is 30.4 Å². The number of aromatic nitrogens is 2. The predicted octanol–water partition coefficient (Wildman–Crippen LogP) is 3.45. The van der Waals surface area contributed by atoms with Crippen LogP contribution in [0.1, 0.15) is 38.9 Å². The van der Waals surface area contributed by atoms with E-state index in [1.165, 1.54) is 44.2 Å². The van der Waals surface area contributed by atoms with E-state index in [2.05, 4.69) is 15.7 Å². The molecule has 0 fully saturated rings. The van der Waals surface area contributed by atoms with Crippen LogP contribution in [0.15, 0.2) is 42.5 Å². The van der Waals surface area contributed by atoms with E-state index in [4.69, 9.17) is 25.8 Å². The van der Waals surface area contributed by atoms with E-state index in [-0.39, 0.29) is 29.8 Å². The zero-order valence-corrected chi connectivity index (χ0v) is 20.9. The van der Waals surface area contributed by atoms with Crippen LogP contribution in [0.25, 0.3) is 11.1 Å². The molecular weight excluding hydrogens is 504 g/mol. The van der Waals surface area contributed by atoms with Crippen molar-refractivity contribution in [2.45, 2.75) is 19.1 Å². The summed E-state index contributed by atoms with van der Waals surface area (Å²) in [6.45, 7) is 0.174. The minimum absolute atomic E-state index is 0.0454. The zero-order valence-electron chi connectivity index (χ0n) is 20.2. The summed E-state index contributed by atoms with van der Waals surface area (Å²) >= 11 is 6.17. The third kappa shape index (κ3) is 5.32. The first-order valence-corrected chi connectivity index (χ1v) is 11.4. The number of esters is 2. The second-order valence-corrected chi connectivity index (χ2v) is 8.53. The number of fused-ring (bicyclic) bond motifs is 1. The molecule has 0 saturated heterocycles. The van der Waals surface area contributed by atoms with Gasteiger partial charge in [-0.15, -0.1) is 0 Å². The molecule has 3 aromatic rings. The molecule has 0 aliphatic carbocycles. The third-order valence-electron chi connectivity index (χ3n) is 5.65. The number of nitrogens with one attached hydrogen (secondary N) is 2. The molecular formula is C25H23ClN4O7. The summed E-state index contributed by atoms with van der Waals surface area (Å²) in [5, 5.41) is 10.5.